The van der Waals surface area contributed by atoms with Crippen molar-refractivity contribution in [3.63, 3.8) is 0 Å². The Balaban J connectivity index is -0.0000000886. The van der Waals surface area contributed by atoms with Gasteiger partial charge in [-0.1, -0.05) is 13.3 Å². The Hall–Kier alpha value is -0.910. The normalized spacial score (nSPS) is 7.68. The molecule has 2 N–H and O–H groups in total. The summed E-state index contributed by atoms with van der Waals surface area (Å²) < 4.78 is 9.48. The number of carbonyl (C=O) groups excluding carboxylic acids is 1. The van der Waals surface area contributed by atoms with Crippen LogP contribution in [0.25, 0.3) is 0 Å². The second-order valence-corrected chi connectivity index (χ2v) is 2.92. The van der Waals surface area contributed by atoms with Gasteiger partial charge in [-0.15, -0.1) is 13.2 Å². The molecule has 5 nitrogen and oxygen atoms in total. The number of rotatable bonds is 6. The molecule has 0 aliphatic heterocycles. The maximum absolute atomic E-state index is 10.1. The highest BCUT2D eigenvalue weighted by molar-refractivity contribution is 5.65. The first kappa shape index (κ1) is 26.6. The van der Waals surface area contributed by atoms with Crippen molar-refractivity contribution in [2.45, 2.75) is 40.5 Å². The summed E-state index contributed by atoms with van der Waals surface area (Å²) in [7, 11) is 0. The fraction of sp³-hybridized carbons (Fsp3) is 0.786. The van der Waals surface area contributed by atoms with Gasteiger partial charge in [-0.25, -0.2) is 0 Å². The van der Waals surface area contributed by atoms with Gasteiger partial charge in [0.2, 0.25) is 0 Å². The van der Waals surface area contributed by atoms with Crippen molar-refractivity contribution in [2.24, 2.45) is 0 Å². The molecule has 0 aromatic rings. The maximum Gasteiger partial charge on any atom is 0.302 e. The van der Waals surface area contributed by atoms with Crippen molar-refractivity contribution in [3.8, 4) is 0 Å². The van der Waals surface area contributed by atoms with E-state index in [1.165, 1.54) is 6.92 Å². The molecule has 0 fully saturated rings. The van der Waals surface area contributed by atoms with Crippen LogP contribution < -0.4 is 0 Å². The lowest BCUT2D eigenvalue weighted by molar-refractivity contribution is -0.141. The third kappa shape index (κ3) is 77.4. The second-order valence-electron chi connectivity index (χ2n) is 2.92. The molecule has 0 aromatic carbocycles. The Bertz CT molecular complexity index is 136. The molecule has 118 valence electrons. The van der Waals surface area contributed by atoms with Crippen LogP contribution >= 0.6 is 0 Å². The molecule has 0 unspecified atom stereocenters. The summed E-state index contributed by atoms with van der Waals surface area (Å²) in [5, 5.41) is 15.2. The van der Waals surface area contributed by atoms with E-state index in [2.05, 4.69) is 24.8 Å². The quantitative estimate of drug-likeness (QED) is 0.443. The number of aliphatic hydroxyl groups is 2. The standard InChI is InChI=1S/C6H12O2.C4H10O.C2H6O2.C2H4/c1-3-4-5-8-6(2)7;1-3-5-4-2;3-1-2-4;1-2/h3-5H2,1-2H3;3-4H2,1-2H3;3-4H,1-2H2;1-2H2. The zero-order valence-electron chi connectivity index (χ0n) is 13.0. The predicted octanol–water partition coefficient (Wildman–Crippen LogP) is 2.17. The summed E-state index contributed by atoms with van der Waals surface area (Å²) >= 11 is 0. The zero-order chi connectivity index (χ0) is 15.9. The van der Waals surface area contributed by atoms with Gasteiger partial charge < -0.3 is 19.7 Å². The van der Waals surface area contributed by atoms with E-state index in [1.54, 1.807) is 0 Å². The van der Waals surface area contributed by atoms with E-state index in [9.17, 15) is 4.79 Å². The van der Waals surface area contributed by atoms with E-state index in [-0.39, 0.29) is 19.2 Å². The molecule has 0 amide bonds. The molecule has 5 heteroatoms. The van der Waals surface area contributed by atoms with Gasteiger partial charge in [0.25, 0.3) is 0 Å². The molecule has 0 saturated carbocycles. The van der Waals surface area contributed by atoms with Gasteiger partial charge in [-0.2, -0.15) is 0 Å². The third-order valence-corrected chi connectivity index (χ3v) is 1.31. The van der Waals surface area contributed by atoms with E-state index in [4.69, 9.17) is 14.9 Å². The van der Waals surface area contributed by atoms with Gasteiger partial charge in [0.1, 0.15) is 0 Å². The lowest BCUT2D eigenvalue weighted by Gasteiger charge is -1.96. The van der Waals surface area contributed by atoms with Gasteiger partial charge in [-0.3, -0.25) is 4.79 Å². The summed E-state index contributed by atoms with van der Waals surface area (Å²) in [6.07, 6.45) is 2.05. The highest BCUT2D eigenvalue weighted by atomic mass is 16.5. The monoisotopic (exact) mass is 280 g/mol. The van der Waals surface area contributed by atoms with Crippen molar-refractivity contribution in [3.05, 3.63) is 13.2 Å². The second kappa shape index (κ2) is 36.0. The third-order valence-electron chi connectivity index (χ3n) is 1.31. The van der Waals surface area contributed by atoms with Crippen molar-refractivity contribution >= 4 is 5.97 Å². The van der Waals surface area contributed by atoms with Crippen LogP contribution in [0.1, 0.15) is 40.5 Å². The number of carbonyl (C=O) groups is 1. The molecule has 0 rings (SSSR count). The summed E-state index contributed by atoms with van der Waals surface area (Å²) in [6, 6.07) is 0. The van der Waals surface area contributed by atoms with Gasteiger partial charge in [0, 0.05) is 20.1 Å². The summed E-state index contributed by atoms with van der Waals surface area (Å²) in [5.41, 5.74) is 0. The number of esters is 1. The summed E-state index contributed by atoms with van der Waals surface area (Å²) in [4.78, 5) is 10.1. The van der Waals surface area contributed by atoms with Crippen LogP contribution in [0.15, 0.2) is 13.2 Å². The average molecular weight is 280 g/mol. The lowest BCUT2D eigenvalue weighted by atomic mass is 10.4. The van der Waals surface area contributed by atoms with E-state index < -0.39 is 0 Å². The maximum atomic E-state index is 10.1. The molecule has 0 aromatic heterocycles. The zero-order valence-corrected chi connectivity index (χ0v) is 13.0. The van der Waals surface area contributed by atoms with Crippen molar-refractivity contribution in [1.82, 2.24) is 0 Å². The molecule has 0 radical (unpaired) electrons. The van der Waals surface area contributed by atoms with Crippen LogP contribution in [0.3, 0.4) is 0 Å². The summed E-state index contributed by atoms with van der Waals surface area (Å²) in [5.74, 6) is -0.182. The fourth-order valence-electron chi connectivity index (χ4n) is 0.564. The number of aliphatic hydroxyl groups excluding tert-OH is 2. The lowest BCUT2D eigenvalue weighted by Crippen LogP contribution is -1.99. The van der Waals surface area contributed by atoms with E-state index >= 15 is 0 Å². The SMILES string of the molecule is C=C.CCCCOC(C)=O.CCOCC.OCCO. The molecule has 0 saturated heterocycles. The molecule has 0 heterocycles. The minimum absolute atomic E-state index is 0.125. The Morgan fingerprint density at radius 1 is 1.05 bits per heavy atom. The van der Waals surface area contributed by atoms with E-state index in [1.807, 2.05) is 13.8 Å². The van der Waals surface area contributed by atoms with Gasteiger partial charge >= 0.3 is 5.97 Å². The number of hydrogen-bond acceptors (Lipinski definition) is 5. The molecule has 0 bridgehead atoms. The van der Waals surface area contributed by atoms with Crippen molar-refractivity contribution in [1.29, 1.82) is 0 Å². The Morgan fingerprint density at radius 2 is 1.47 bits per heavy atom. The average Bonchev–Trinajstić information content (AvgIpc) is 2.43. The fourth-order valence-corrected chi connectivity index (χ4v) is 0.564. The molecule has 0 aliphatic carbocycles. The number of ether oxygens (including phenoxy) is 2. The minimum Gasteiger partial charge on any atom is -0.466 e. The first-order valence-electron chi connectivity index (χ1n) is 6.53. The van der Waals surface area contributed by atoms with Crippen LogP contribution in [-0.2, 0) is 14.3 Å². The van der Waals surface area contributed by atoms with Crippen LogP contribution in [-0.4, -0.2) is 49.2 Å². The molecule has 0 spiro atoms. The molecule has 0 aliphatic rings. The van der Waals surface area contributed by atoms with Crippen molar-refractivity contribution < 1.29 is 24.5 Å². The topological polar surface area (TPSA) is 76.0 Å². The predicted molar refractivity (Wildman–Crippen MR) is 79.1 cm³/mol. The van der Waals surface area contributed by atoms with E-state index in [0.29, 0.717) is 6.61 Å². The van der Waals surface area contributed by atoms with Crippen LogP contribution in [0.4, 0.5) is 0 Å². The van der Waals surface area contributed by atoms with E-state index in [0.717, 1.165) is 26.1 Å². The minimum atomic E-state index is -0.182. The number of unbranched alkanes of at least 4 members (excludes halogenated alkanes) is 1. The molecular weight excluding hydrogens is 248 g/mol. The summed E-state index contributed by atoms with van der Waals surface area (Å²) in [6.45, 7) is 15.5. The van der Waals surface area contributed by atoms with Gasteiger partial charge in [0.15, 0.2) is 0 Å². The first-order chi connectivity index (χ1) is 9.10. The van der Waals surface area contributed by atoms with Gasteiger partial charge in [0.05, 0.1) is 19.8 Å². The molecule has 19 heavy (non-hydrogen) atoms. The largest absolute Gasteiger partial charge is 0.466 e. The highest BCUT2D eigenvalue weighted by Crippen LogP contribution is 1.86. The smallest absolute Gasteiger partial charge is 0.302 e. The molecule has 0 atom stereocenters. The van der Waals surface area contributed by atoms with Crippen LogP contribution in [0.2, 0.25) is 0 Å². The van der Waals surface area contributed by atoms with Crippen LogP contribution in [0.5, 0.6) is 0 Å². The van der Waals surface area contributed by atoms with Crippen LogP contribution in [0, 0.1) is 0 Å². The molecular formula is C14H32O5. The highest BCUT2D eigenvalue weighted by Gasteiger charge is 1.88. The number of hydrogen-bond donors (Lipinski definition) is 2. The van der Waals surface area contributed by atoms with Gasteiger partial charge in [-0.05, 0) is 20.3 Å². The van der Waals surface area contributed by atoms with Crippen molar-refractivity contribution in [2.75, 3.05) is 33.0 Å². The Labute approximate surface area is 118 Å². The Morgan fingerprint density at radius 3 is 1.63 bits per heavy atom. The Kier molecular flexibility index (Phi) is 50.4. The first-order valence-corrected chi connectivity index (χ1v) is 6.53.